The molecule has 31 heavy (non-hydrogen) atoms. The Labute approximate surface area is 187 Å². The highest BCUT2D eigenvalue weighted by atomic mass is 35.5. The van der Waals surface area contributed by atoms with Crippen LogP contribution < -0.4 is 9.04 Å². The van der Waals surface area contributed by atoms with E-state index in [9.17, 15) is 13.2 Å². The third kappa shape index (κ3) is 5.37. The second-order valence-corrected chi connectivity index (χ2v) is 9.16. The molecule has 8 heteroatoms. The third-order valence-electron chi connectivity index (χ3n) is 4.73. The zero-order valence-electron chi connectivity index (χ0n) is 17.2. The number of carbonyl (C=O) groups is 1. The van der Waals surface area contributed by atoms with Crippen LogP contribution in [-0.4, -0.2) is 39.9 Å². The molecule has 3 aromatic rings. The van der Waals surface area contributed by atoms with Gasteiger partial charge < -0.3 is 9.64 Å². The van der Waals surface area contributed by atoms with Crippen molar-refractivity contribution in [2.24, 2.45) is 0 Å². The van der Waals surface area contributed by atoms with Crippen molar-refractivity contribution in [1.29, 1.82) is 0 Å². The van der Waals surface area contributed by atoms with Gasteiger partial charge in [0.2, 0.25) is 5.91 Å². The molecule has 0 N–H and O–H groups in total. The Morgan fingerprint density at radius 2 is 1.65 bits per heavy atom. The molecule has 1 amide bonds. The predicted molar refractivity (Wildman–Crippen MR) is 122 cm³/mol. The van der Waals surface area contributed by atoms with Gasteiger partial charge in [-0.1, -0.05) is 54.1 Å². The Morgan fingerprint density at radius 1 is 0.968 bits per heavy atom. The Bertz CT molecular complexity index is 1150. The number of anilines is 1. The molecule has 0 fully saturated rings. The van der Waals surface area contributed by atoms with E-state index in [-0.39, 0.29) is 23.9 Å². The second kappa shape index (κ2) is 9.85. The predicted octanol–water partition coefficient (Wildman–Crippen LogP) is 4.20. The van der Waals surface area contributed by atoms with Gasteiger partial charge >= 0.3 is 0 Å². The van der Waals surface area contributed by atoms with Gasteiger partial charge in [0.05, 0.1) is 17.7 Å². The Balaban J connectivity index is 1.90. The minimum Gasteiger partial charge on any atom is -0.496 e. The van der Waals surface area contributed by atoms with E-state index in [1.807, 2.05) is 24.3 Å². The van der Waals surface area contributed by atoms with Gasteiger partial charge in [0.25, 0.3) is 10.0 Å². The Morgan fingerprint density at radius 3 is 2.32 bits per heavy atom. The maximum absolute atomic E-state index is 13.4. The first kappa shape index (κ1) is 22.7. The summed E-state index contributed by atoms with van der Waals surface area (Å²) in [5, 5.41) is 0.376. The van der Waals surface area contributed by atoms with Crippen LogP contribution in [0.4, 0.5) is 5.69 Å². The topological polar surface area (TPSA) is 66.9 Å². The molecule has 0 heterocycles. The smallest absolute Gasteiger partial charge is 0.264 e. The molecule has 0 aromatic heterocycles. The molecule has 0 saturated carbocycles. The number of carbonyl (C=O) groups excluding carboxylic acids is 1. The SMILES string of the molecule is COc1ccccc1CN(C)C(=O)CN(c1cccc(Cl)c1)S(=O)(=O)c1ccccc1. The number of hydrogen-bond donors (Lipinski definition) is 0. The highest BCUT2D eigenvalue weighted by molar-refractivity contribution is 7.92. The number of nitrogens with zero attached hydrogens (tertiary/aromatic N) is 2. The zero-order chi connectivity index (χ0) is 22.4. The minimum atomic E-state index is -3.98. The first-order chi connectivity index (χ1) is 14.8. The minimum absolute atomic E-state index is 0.0927. The van der Waals surface area contributed by atoms with Crippen molar-refractivity contribution in [3.63, 3.8) is 0 Å². The highest BCUT2D eigenvalue weighted by Gasteiger charge is 2.28. The summed E-state index contributed by atoms with van der Waals surface area (Å²) in [7, 11) is -0.794. The number of amides is 1. The average Bonchev–Trinajstić information content (AvgIpc) is 2.78. The molecular formula is C23H23ClN2O4S. The van der Waals surface area contributed by atoms with Crippen molar-refractivity contribution in [2.75, 3.05) is 25.0 Å². The van der Waals surface area contributed by atoms with Crippen molar-refractivity contribution in [1.82, 2.24) is 4.90 Å². The Kier molecular flexibility index (Phi) is 7.20. The molecule has 3 aromatic carbocycles. The normalized spacial score (nSPS) is 11.1. The van der Waals surface area contributed by atoms with Gasteiger partial charge in [0, 0.05) is 24.2 Å². The Hall–Kier alpha value is -3.03. The van der Waals surface area contributed by atoms with Crippen LogP contribution in [0, 0.1) is 0 Å². The molecule has 3 rings (SSSR count). The maximum atomic E-state index is 13.4. The summed E-state index contributed by atoms with van der Waals surface area (Å²) in [5.74, 6) is 0.288. The van der Waals surface area contributed by atoms with Crippen LogP contribution >= 0.6 is 11.6 Å². The van der Waals surface area contributed by atoms with Gasteiger partial charge in [0.15, 0.2) is 0 Å². The quantitative estimate of drug-likeness (QED) is 0.507. The van der Waals surface area contributed by atoms with Crippen molar-refractivity contribution in [3.8, 4) is 5.75 Å². The number of likely N-dealkylation sites (N-methyl/N-ethyl adjacent to an activating group) is 1. The van der Waals surface area contributed by atoms with Gasteiger partial charge in [-0.2, -0.15) is 0 Å². The third-order valence-corrected chi connectivity index (χ3v) is 6.76. The standard InChI is InChI=1S/C23H23ClN2O4S/c1-25(16-18-9-6-7-14-22(18)30-2)23(27)17-26(20-11-8-10-19(24)15-20)31(28,29)21-12-4-3-5-13-21/h3-15H,16-17H2,1-2H3. The number of para-hydroxylation sites is 1. The van der Waals surface area contributed by atoms with E-state index >= 15 is 0 Å². The lowest BCUT2D eigenvalue weighted by Gasteiger charge is -2.27. The number of sulfonamides is 1. The number of ether oxygens (including phenoxy) is 1. The van der Waals surface area contributed by atoms with E-state index in [1.54, 1.807) is 50.6 Å². The van der Waals surface area contributed by atoms with Gasteiger partial charge in [-0.05, 0) is 36.4 Å². The molecule has 0 aliphatic rings. The summed E-state index contributed by atoms with van der Waals surface area (Å²) in [5.41, 5.74) is 1.14. The lowest BCUT2D eigenvalue weighted by atomic mass is 10.2. The molecule has 0 unspecified atom stereocenters. The first-order valence-corrected chi connectivity index (χ1v) is 11.3. The van der Waals surface area contributed by atoms with E-state index in [0.29, 0.717) is 16.5 Å². The van der Waals surface area contributed by atoms with Crippen LogP contribution in [-0.2, 0) is 21.4 Å². The van der Waals surface area contributed by atoms with Crippen molar-refractivity contribution in [2.45, 2.75) is 11.4 Å². The van der Waals surface area contributed by atoms with E-state index < -0.39 is 10.0 Å². The molecule has 162 valence electrons. The van der Waals surface area contributed by atoms with Crippen LogP contribution in [0.25, 0.3) is 0 Å². The van der Waals surface area contributed by atoms with E-state index in [4.69, 9.17) is 16.3 Å². The zero-order valence-corrected chi connectivity index (χ0v) is 18.8. The van der Waals surface area contributed by atoms with E-state index in [0.717, 1.165) is 9.87 Å². The fourth-order valence-electron chi connectivity index (χ4n) is 3.09. The molecule has 0 aliphatic carbocycles. The molecule has 0 bridgehead atoms. The molecule has 0 aliphatic heterocycles. The largest absolute Gasteiger partial charge is 0.496 e. The molecule has 6 nitrogen and oxygen atoms in total. The summed E-state index contributed by atoms with van der Waals surface area (Å²) in [6.45, 7) is -0.0964. The summed E-state index contributed by atoms with van der Waals surface area (Å²) in [6, 6.07) is 21.8. The van der Waals surface area contributed by atoms with Crippen molar-refractivity contribution in [3.05, 3.63) is 89.4 Å². The second-order valence-electron chi connectivity index (χ2n) is 6.87. The van der Waals surface area contributed by atoms with Gasteiger partial charge in [-0.15, -0.1) is 0 Å². The fourth-order valence-corrected chi connectivity index (χ4v) is 4.70. The van der Waals surface area contributed by atoms with Crippen LogP contribution in [0.2, 0.25) is 5.02 Å². The lowest BCUT2D eigenvalue weighted by Crippen LogP contribution is -2.41. The van der Waals surface area contributed by atoms with Crippen molar-refractivity contribution >= 4 is 33.2 Å². The van der Waals surface area contributed by atoms with Crippen LogP contribution in [0.3, 0.4) is 0 Å². The number of halogens is 1. The van der Waals surface area contributed by atoms with E-state index in [1.165, 1.54) is 23.1 Å². The lowest BCUT2D eigenvalue weighted by molar-refractivity contribution is -0.128. The van der Waals surface area contributed by atoms with Gasteiger partial charge in [-0.25, -0.2) is 8.42 Å². The van der Waals surface area contributed by atoms with Gasteiger partial charge in [0.1, 0.15) is 12.3 Å². The van der Waals surface area contributed by atoms with Crippen molar-refractivity contribution < 1.29 is 17.9 Å². The number of methoxy groups -OCH3 is 1. The summed E-state index contributed by atoms with van der Waals surface area (Å²) < 4.78 is 33.1. The van der Waals surface area contributed by atoms with Crippen LogP contribution in [0.5, 0.6) is 5.75 Å². The fraction of sp³-hybridized carbons (Fsp3) is 0.174. The van der Waals surface area contributed by atoms with Crippen LogP contribution in [0.1, 0.15) is 5.56 Å². The summed E-state index contributed by atoms with van der Waals surface area (Å²) in [4.78, 5) is 14.6. The molecule has 0 saturated heterocycles. The van der Waals surface area contributed by atoms with E-state index in [2.05, 4.69) is 0 Å². The van der Waals surface area contributed by atoms with Crippen LogP contribution in [0.15, 0.2) is 83.8 Å². The van der Waals surface area contributed by atoms with Gasteiger partial charge in [-0.3, -0.25) is 9.10 Å². The summed E-state index contributed by atoms with van der Waals surface area (Å²) in [6.07, 6.45) is 0. The highest BCUT2D eigenvalue weighted by Crippen LogP contribution is 2.26. The number of benzene rings is 3. The molecule has 0 spiro atoms. The number of hydrogen-bond acceptors (Lipinski definition) is 4. The number of rotatable bonds is 8. The molecule has 0 radical (unpaired) electrons. The molecular weight excluding hydrogens is 436 g/mol. The molecule has 0 atom stereocenters. The first-order valence-electron chi connectivity index (χ1n) is 9.52. The maximum Gasteiger partial charge on any atom is 0.264 e. The average molecular weight is 459 g/mol. The monoisotopic (exact) mass is 458 g/mol. The summed E-state index contributed by atoms with van der Waals surface area (Å²) >= 11 is 6.09.